The lowest BCUT2D eigenvalue weighted by Crippen LogP contribution is -2.44. The molecule has 2 rings (SSSR count). The summed E-state index contributed by atoms with van der Waals surface area (Å²) in [5, 5.41) is 3.08. The van der Waals surface area contributed by atoms with Crippen LogP contribution in [-0.2, 0) is 11.3 Å². The van der Waals surface area contributed by atoms with Gasteiger partial charge in [0.05, 0.1) is 0 Å². The van der Waals surface area contributed by atoms with E-state index in [2.05, 4.69) is 24.1 Å². The summed E-state index contributed by atoms with van der Waals surface area (Å²) >= 11 is 0. The van der Waals surface area contributed by atoms with E-state index in [1.54, 1.807) is 12.1 Å². The van der Waals surface area contributed by atoms with Gasteiger partial charge >= 0.3 is 6.18 Å². The standard InChI is InChI=1S/C20H29F3N2O2/c1-14(2)15(3)24-19(26)17-7-9-25(10-8-17)12-16-5-4-6-18(11-16)27-13-20(21,22)23/h4-6,11,14-15,17H,7-10,12-13H2,1-3H3,(H,24,26). The fourth-order valence-electron chi connectivity index (χ4n) is 3.02. The van der Waals surface area contributed by atoms with E-state index in [0.717, 1.165) is 31.5 Å². The van der Waals surface area contributed by atoms with Crippen molar-refractivity contribution in [3.05, 3.63) is 29.8 Å². The van der Waals surface area contributed by atoms with Crippen molar-refractivity contribution in [2.75, 3.05) is 19.7 Å². The molecule has 1 N–H and O–H groups in total. The Bertz CT molecular complexity index is 611. The van der Waals surface area contributed by atoms with Gasteiger partial charge in [-0.3, -0.25) is 9.69 Å². The molecule has 0 saturated carbocycles. The predicted octanol–water partition coefficient (Wildman–Crippen LogP) is 4.00. The summed E-state index contributed by atoms with van der Waals surface area (Å²) in [5.41, 5.74) is 0.908. The fourth-order valence-corrected chi connectivity index (χ4v) is 3.02. The third-order valence-corrected chi connectivity index (χ3v) is 5.04. The maximum atomic E-state index is 12.3. The number of nitrogens with zero attached hydrogens (tertiary/aromatic N) is 1. The van der Waals surface area contributed by atoms with Crippen molar-refractivity contribution in [1.29, 1.82) is 0 Å². The number of alkyl halides is 3. The zero-order valence-electron chi connectivity index (χ0n) is 16.2. The molecule has 0 radical (unpaired) electrons. The number of rotatable bonds is 7. The van der Waals surface area contributed by atoms with Gasteiger partial charge in [-0.2, -0.15) is 13.2 Å². The van der Waals surface area contributed by atoms with E-state index in [1.165, 1.54) is 6.07 Å². The monoisotopic (exact) mass is 386 g/mol. The first-order valence-corrected chi connectivity index (χ1v) is 9.45. The average Bonchev–Trinajstić information content (AvgIpc) is 2.60. The van der Waals surface area contributed by atoms with E-state index in [-0.39, 0.29) is 23.6 Å². The van der Waals surface area contributed by atoms with E-state index < -0.39 is 12.8 Å². The van der Waals surface area contributed by atoms with Crippen molar-refractivity contribution in [2.24, 2.45) is 11.8 Å². The predicted molar refractivity (Wildman–Crippen MR) is 98.4 cm³/mol. The molecule has 152 valence electrons. The van der Waals surface area contributed by atoms with Crippen molar-refractivity contribution in [3.63, 3.8) is 0 Å². The lowest BCUT2D eigenvalue weighted by molar-refractivity contribution is -0.153. The number of nitrogens with one attached hydrogen (secondary N) is 1. The van der Waals surface area contributed by atoms with Gasteiger partial charge in [0.2, 0.25) is 5.91 Å². The molecule has 1 unspecified atom stereocenters. The molecule has 0 aromatic heterocycles. The summed E-state index contributed by atoms with van der Waals surface area (Å²) in [6.45, 7) is 7.13. The SMILES string of the molecule is CC(C)C(C)NC(=O)C1CCN(Cc2cccc(OCC(F)(F)F)c2)CC1. The minimum atomic E-state index is -4.34. The number of likely N-dealkylation sites (tertiary alicyclic amines) is 1. The molecule has 1 aliphatic rings. The topological polar surface area (TPSA) is 41.6 Å². The Labute approximate surface area is 159 Å². The minimum absolute atomic E-state index is 0.0314. The molecule has 0 spiro atoms. The second kappa shape index (κ2) is 9.44. The lowest BCUT2D eigenvalue weighted by atomic mass is 9.94. The highest BCUT2D eigenvalue weighted by Gasteiger charge is 2.29. The van der Waals surface area contributed by atoms with Crippen LogP contribution in [0.3, 0.4) is 0 Å². The number of hydrogen-bond donors (Lipinski definition) is 1. The van der Waals surface area contributed by atoms with Gasteiger partial charge in [-0.1, -0.05) is 26.0 Å². The van der Waals surface area contributed by atoms with Crippen molar-refractivity contribution in [1.82, 2.24) is 10.2 Å². The molecule has 1 amide bonds. The molecule has 1 aliphatic heterocycles. The number of halogens is 3. The van der Waals surface area contributed by atoms with Gasteiger partial charge in [0.25, 0.3) is 0 Å². The molecule has 4 nitrogen and oxygen atoms in total. The first-order valence-electron chi connectivity index (χ1n) is 9.45. The zero-order valence-corrected chi connectivity index (χ0v) is 16.2. The van der Waals surface area contributed by atoms with Gasteiger partial charge in [-0.05, 0) is 56.5 Å². The molecule has 1 saturated heterocycles. The Hall–Kier alpha value is -1.76. The second-order valence-corrected chi connectivity index (χ2v) is 7.64. The number of amides is 1. The van der Waals surface area contributed by atoms with Gasteiger partial charge in [0, 0.05) is 18.5 Å². The van der Waals surface area contributed by atoms with Crippen molar-refractivity contribution in [2.45, 2.75) is 52.4 Å². The van der Waals surface area contributed by atoms with Crippen LogP contribution >= 0.6 is 0 Å². The number of carbonyl (C=O) groups excluding carboxylic acids is 1. The van der Waals surface area contributed by atoms with Crippen LogP contribution in [0.15, 0.2) is 24.3 Å². The van der Waals surface area contributed by atoms with E-state index in [0.29, 0.717) is 12.5 Å². The summed E-state index contributed by atoms with van der Waals surface area (Å²) in [6.07, 6.45) is -2.76. The van der Waals surface area contributed by atoms with E-state index in [4.69, 9.17) is 4.74 Å². The van der Waals surface area contributed by atoms with Crippen LogP contribution in [0.1, 0.15) is 39.2 Å². The fraction of sp³-hybridized carbons (Fsp3) is 0.650. The first-order chi connectivity index (χ1) is 12.6. The first kappa shape index (κ1) is 21.5. The maximum absolute atomic E-state index is 12.3. The Kier molecular flexibility index (Phi) is 7.53. The molecule has 1 fully saturated rings. The van der Waals surface area contributed by atoms with Gasteiger partial charge < -0.3 is 10.1 Å². The van der Waals surface area contributed by atoms with Crippen molar-refractivity contribution in [3.8, 4) is 5.75 Å². The van der Waals surface area contributed by atoms with Crippen molar-refractivity contribution < 1.29 is 22.7 Å². The van der Waals surface area contributed by atoms with Crippen LogP contribution in [0, 0.1) is 11.8 Å². The molecule has 1 atom stereocenters. The summed E-state index contributed by atoms with van der Waals surface area (Å²) in [5.74, 6) is 0.782. The van der Waals surface area contributed by atoms with Gasteiger partial charge in [-0.25, -0.2) is 0 Å². The molecular weight excluding hydrogens is 357 g/mol. The number of ether oxygens (including phenoxy) is 1. The number of carbonyl (C=O) groups is 1. The van der Waals surface area contributed by atoms with Crippen molar-refractivity contribution >= 4 is 5.91 Å². The molecule has 1 heterocycles. The van der Waals surface area contributed by atoms with Gasteiger partial charge in [0.15, 0.2) is 6.61 Å². The molecular formula is C20H29F3N2O2. The highest BCUT2D eigenvalue weighted by molar-refractivity contribution is 5.79. The largest absolute Gasteiger partial charge is 0.484 e. The summed E-state index contributed by atoms with van der Waals surface area (Å²) in [6, 6.07) is 6.92. The van der Waals surface area contributed by atoms with Crippen LogP contribution in [-0.4, -0.2) is 42.7 Å². The minimum Gasteiger partial charge on any atom is -0.484 e. The molecule has 27 heavy (non-hydrogen) atoms. The Morgan fingerprint density at radius 3 is 2.52 bits per heavy atom. The number of benzene rings is 1. The lowest BCUT2D eigenvalue weighted by Gasteiger charge is -2.32. The van der Waals surface area contributed by atoms with E-state index in [9.17, 15) is 18.0 Å². The highest BCUT2D eigenvalue weighted by Crippen LogP contribution is 2.23. The van der Waals surface area contributed by atoms with Crippen LogP contribution in [0.5, 0.6) is 5.75 Å². The smallest absolute Gasteiger partial charge is 0.422 e. The Morgan fingerprint density at radius 1 is 1.26 bits per heavy atom. The third-order valence-electron chi connectivity index (χ3n) is 5.04. The van der Waals surface area contributed by atoms with Crippen LogP contribution in [0.4, 0.5) is 13.2 Å². The second-order valence-electron chi connectivity index (χ2n) is 7.64. The number of hydrogen-bond acceptors (Lipinski definition) is 3. The highest BCUT2D eigenvalue weighted by atomic mass is 19.4. The average molecular weight is 386 g/mol. The van der Waals surface area contributed by atoms with E-state index in [1.807, 2.05) is 13.0 Å². The molecule has 1 aromatic carbocycles. The van der Waals surface area contributed by atoms with Crippen LogP contribution < -0.4 is 10.1 Å². The summed E-state index contributed by atoms with van der Waals surface area (Å²) in [4.78, 5) is 14.6. The van der Waals surface area contributed by atoms with E-state index >= 15 is 0 Å². The quantitative estimate of drug-likeness (QED) is 0.770. The van der Waals surface area contributed by atoms with Crippen LogP contribution in [0.2, 0.25) is 0 Å². The Balaban J connectivity index is 1.81. The number of piperidine rings is 1. The van der Waals surface area contributed by atoms with Crippen LogP contribution in [0.25, 0.3) is 0 Å². The molecule has 0 bridgehead atoms. The molecule has 7 heteroatoms. The summed E-state index contributed by atoms with van der Waals surface area (Å²) < 4.78 is 41.6. The zero-order chi connectivity index (χ0) is 20.0. The normalized spacial score (nSPS) is 17.7. The molecule has 1 aromatic rings. The van der Waals surface area contributed by atoms with Gasteiger partial charge in [0.1, 0.15) is 5.75 Å². The molecule has 0 aliphatic carbocycles. The summed E-state index contributed by atoms with van der Waals surface area (Å²) in [7, 11) is 0. The maximum Gasteiger partial charge on any atom is 0.422 e. The van der Waals surface area contributed by atoms with Gasteiger partial charge in [-0.15, -0.1) is 0 Å². The third kappa shape index (κ3) is 7.40. The Morgan fingerprint density at radius 2 is 1.93 bits per heavy atom.